The Morgan fingerprint density at radius 3 is 2.84 bits per heavy atom. The summed E-state index contributed by atoms with van der Waals surface area (Å²) in [6, 6.07) is 7.11. The fourth-order valence-corrected chi connectivity index (χ4v) is 2.97. The van der Waals surface area contributed by atoms with Crippen LogP contribution in [0.1, 0.15) is 13.3 Å². The van der Waals surface area contributed by atoms with Gasteiger partial charge in [-0.25, -0.2) is 13.1 Å². The van der Waals surface area contributed by atoms with Gasteiger partial charge in [-0.2, -0.15) is 0 Å². The second-order valence-electron chi connectivity index (χ2n) is 4.79. The zero-order valence-corrected chi connectivity index (χ0v) is 12.0. The molecule has 0 saturated carbocycles. The molecule has 2 unspecified atom stereocenters. The highest BCUT2D eigenvalue weighted by molar-refractivity contribution is 7.89. The van der Waals surface area contributed by atoms with Gasteiger partial charge in [-0.05, 0) is 38.6 Å². The maximum absolute atomic E-state index is 11.7. The molecule has 2 atom stereocenters. The molecular weight excluding hydrogens is 264 g/mol. The number of rotatable bonds is 5. The lowest BCUT2D eigenvalue weighted by molar-refractivity contribution is 0.183. The maximum Gasteiger partial charge on any atom is 0.240 e. The van der Waals surface area contributed by atoms with Crippen LogP contribution in [0, 0.1) is 5.92 Å². The lowest BCUT2D eigenvalue weighted by Crippen LogP contribution is -2.26. The van der Waals surface area contributed by atoms with E-state index < -0.39 is 10.0 Å². The van der Waals surface area contributed by atoms with Gasteiger partial charge in [-0.3, -0.25) is 0 Å². The van der Waals surface area contributed by atoms with E-state index in [0.717, 1.165) is 25.3 Å². The molecule has 1 aromatic rings. The van der Waals surface area contributed by atoms with Gasteiger partial charge >= 0.3 is 0 Å². The van der Waals surface area contributed by atoms with Gasteiger partial charge in [0.1, 0.15) is 0 Å². The van der Waals surface area contributed by atoms with E-state index in [1.165, 1.54) is 7.05 Å². The Bertz CT molecular complexity index is 524. The van der Waals surface area contributed by atoms with E-state index in [1.807, 2.05) is 6.07 Å². The lowest BCUT2D eigenvalue weighted by Gasteiger charge is -2.20. The molecule has 0 amide bonds. The van der Waals surface area contributed by atoms with E-state index in [4.69, 9.17) is 4.74 Å². The maximum atomic E-state index is 11.7. The van der Waals surface area contributed by atoms with Gasteiger partial charge in [0.15, 0.2) is 0 Å². The Hall–Kier alpha value is -1.11. The third-order valence-corrected chi connectivity index (χ3v) is 4.89. The first-order valence-corrected chi connectivity index (χ1v) is 7.89. The Balaban J connectivity index is 2.11. The molecule has 0 aromatic heterocycles. The Labute approximate surface area is 114 Å². The summed E-state index contributed by atoms with van der Waals surface area (Å²) in [5.74, 6) is 0.476. The average molecular weight is 284 g/mol. The van der Waals surface area contributed by atoms with Gasteiger partial charge in [0.2, 0.25) is 10.0 Å². The predicted molar refractivity (Wildman–Crippen MR) is 74.7 cm³/mol. The molecule has 0 bridgehead atoms. The lowest BCUT2D eigenvalue weighted by atomic mass is 10.0. The molecule has 1 aromatic carbocycles. The van der Waals surface area contributed by atoms with Crippen LogP contribution in [0.3, 0.4) is 0 Å². The largest absolute Gasteiger partial charge is 0.382 e. The molecule has 106 valence electrons. The van der Waals surface area contributed by atoms with E-state index >= 15 is 0 Å². The van der Waals surface area contributed by atoms with Crippen LogP contribution >= 0.6 is 0 Å². The quantitative estimate of drug-likeness (QED) is 0.858. The van der Waals surface area contributed by atoms with Crippen molar-refractivity contribution in [2.24, 2.45) is 5.92 Å². The van der Waals surface area contributed by atoms with Crippen molar-refractivity contribution < 1.29 is 13.2 Å². The SMILES string of the molecule is CNS(=O)(=O)c1cccc(NC(C)C2CCOC2)c1. The van der Waals surface area contributed by atoms with Crippen LogP contribution in [0.5, 0.6) is 0 Å². The van der Waals surface area contributed by atoms with E-state index in [9.17, 15) is 8.42 Å². The molecule has 1 aliphatic heterocycles. The van der Waals surface area contributed by atoms with Crippen LogP contribution in [0.25, 0.3) is 0 Å². The molecule has 19 heavy (non-hydrogen) atoms. The van der Waals surface area contributed by atoms with E-state index in [2.05, 4.69) is 17.0 Å². The van der Waals surface area contributed by atoms with Crippen molar-refractivity contribution in [1.29, 1.82) is 0 Å². The minimum absolute atomic E-state index is 0.259. The zero-order valence-electron chi connectivity index (χ0n) is 11.2. The van der Waals surface area contributed by atoms with Gasteiger partial charge in [0.05, 0.1) is 11.5 Å². The Kier molecular flexibility index (Phi) is 4.44. The van der Waals surface area contributed by atoms with Crippen LogP contribution in [-0.4, -0.2) is 34.7 Å². The van der Waals surface area contributed by atoms with Crippen LogP contribution in [0.2, 0.25) is 0 Å². The molecule has 1 heterocycles. The standard InChI is InChI=1S/C13H20N2O3S/c1-10(11-6-7-18-9-11)15-12-4-3-5-13(8-12)19(16,17)14-2/h3-5,8,10-11,14-15H,6-7,9H2,1-2H3. The van der Waals surface area contributed by atoms with Gasteiger partial charge in [0.25, 0.3) is 0 Å². The summed E-state index contributed by atoms with van der Waals surface area (Å²) < 4.78 is 31.2. The first-order chi connectivity index (χ1) is 9.03. The van der Waals surface area contributed by atoms with Crippen LogP contribution in [0.4, 0.5) is 5.69 Å². The van der Waals surface area contributed by atoms with Crippen molar-refractivity contribution in [2.75, 3.05) is 25.6 Å². The molecule has 2 rings (SSSR count). The molecule has 1 saturated heterocycles. The smallest absolute Gasteiger partial charge is 0.240 e. The number of ether oxygens (including phenoxy) is 1. The first kappa shape index (κ1) is 14.3. The average Bonchev–Trinajstić information content (AvgIpc) is 2.93. The summed E-state index contributed by atoms with van der Waals surface area (Å²) in [4.78, 5) is 0.273. The van der Waals surface area contributed by atoms with Crippen molar-refractivity contribution in [3.63, 3.8) is 0 Å². The summed E-state index contributed by atoms with van der Waals surface area (Å²) in [5.41, 5.74) is 0.815. The summed E-state index contributed by atoms with van der Waals surface area (Å²) in [5, 5.41) is 3.35. The molecule has 2 N–H and O–H groups in total. The zero-order chi connectivity index (χ0) is 13.9. The molecule has 6 heteroatoms. The van der Waals surface area contributed by atoms with E-state index in [0.29, 0.717) is 5.92 Å². The normalized spacial score (nSPS) is 21.3. The topological polar surface area (TPSA) is 67.4 Å². The number of anilines is 1. The summed E-state index contributed by atoms with van der Waals surface area (Å²) >= 11 is 0. The van der Waals surface area contributed by atoms with Crippen molar-refractivity contribution in [2.45, 2.75) is 24.3 Å². The minimum Gasteiger partial charge on any atom is -0.382 e. The number of hydrogen-bond donors (Lipinski definition) is 2. The van der Waals surface area contributed by atoms with Crippen LogP contribution in [0.15, 0.2) is 29.2 Å². The Morgan fingerprint density at radius 2 is 2.21 bits per heavy atom. The second-order valence-corrected chi connectivity index (χ2v) is 6.68. The molecule has 5 nitrogen and oxygen atoms in total. The third kappa shape index (κ3) is 3.46. The molecule has 0 radical (unpaired) electrons. The highest BCUT2D eigenvalue weighted by Gasteiger charge is 2.22. The van der Waals surface area contributed by atoms with Crippen LogP contribution in [-0.2, 0) is 14.8 Å². The highest BCUT2D eigenvalue weighted by atomic mass is 32.2. The molecule has 1 fully saturated rings. The summed E-state index contributed by atoms with van der Waals surface area (Å²) in [6.07, 6.45) is 1.04. The van der Waals surface area contributed by atoms with Gasteiger partial charge in [-0.1, -0.05) is 6.07 Å². The predicted octanol–water partition coefficient (Wildman–Crippen LogP) is 1.43. The number of benzene rings is 1. The summed E-state index contributed by atoms with van der Waals surface area (Å²) in [6.45, 7) is 3.67. The van der Waals surface area contributed by atoms with Crippen molar-refractivity contribution >= 4 is 15.7 Å². The highest BCUT2D eigenvalue weighted by Crippen LogP contribution is 2.21. The minimum atomic E-state index is -3.39. The molecule has 1 aliphatic rings. The van der Waals surface area contributed by atoms with E-state index in [1.54, 1.807) is 18.2 Å². The van der Waals surface area contributed by atoms with Gasteiger partial charge in [0, 0.05) is 24.3 Å². The first-order valence-electron chi connectivity index (χ1n) is 6.41. The Morgan fingerprint density at radius 1 is 1.42 bits per heavy atom. The molecular formula is C13H20N2O3S. The van der Waals surface area contributed by atoms with Gasteiger partial charge in [-0.15, -0.1) is 0 Å². The van der Waals surface area contributed by atoms with Crippen molar-refractivity contribution in [3.8, 4) is 0 Å². The molecule has 0 spiro atoms. The second kappa shape index (κ2) is 5.90. The summed E-state index contributed by atoms with van der Waals surface area (Å²) in [7, 11) is -1.98. The van der Waals surface area contributed by atoms with E-state index in [-0.39, 0.29) is 10.9 Å². The fraction of sp³-hybridized carbons (Fsp3) is 0.538. The fourth-order valence-electron chi connectivity index (χ4n) is 2.20. The van der Waals surface area contributed by atoms with Gasteiger partial charge < -0.3 is 10.1 Å². The number of hydrogen-bond acceptors (Lipinski definition) is 4. The number of sulfonamides is 1. The van der Waals surface area contributed by atoms with Crippen molar-refractivity contribution in [1.82, 2.24) is 4.72 Å². The molecule has 0 aliphatic carbocycles. The third-order valence-electron chi connectivity index (χ3n) is 3.48. The van der Waals surface area contributed by atoms with Crippen molar-refractivity contribution in [3.05, 3.63) is 24.3 Å². The monoisotopic (exact) mass is 284 g/mol. The number of nitrogens with one attached hydrogen (secondary N) is 2. The van der Waals surface area contributed by atoms with Crippen LogP contribution < -0.4 is 10.0 Å².